The Morgan fingerprint density at radius 3 is 2.87 bits per heavy atom. The third kappa shape index (κ3) is 3.21. The monoisotopic (exact) mass is 208 g/mol. The molecule has 0 aliphatic carbocycles. The van der Waals surface area contributed by atoms with E-state index < -0.39 is 6.10 Å². The minimum absolute atomic E-state index is 0.0534. The van der Waals surface area contributed by atoms with E-state index in [1.807, 2.05) is 18.0 Å². The van der Waals surface area contributed by atoms with Crippen molar-refractivity contribution in [1.29, 1.82) is 5.41 Å². The summed E-state index contributed by atoms with van der Waals surface area (Å²) in [7, 11) is 1.83. The zero-order valence-electron chi connectivity index (χ0n) is 8.94. The zero-order valence-corrected chi connectivity index (χ0v) is 8.94. The molecular weight excluding hydrogens is 192 g/mol. The summed E-state index contributed by atoms with van der Waals surface area (Å²) in [6.45, 7) is 2.21. The van der Waals surface area contributed by atoms with E-state index in [4.69, 9.17) is 11.1 Å². The smallest absolute Gasteiger partial charge is 0.141 e. The van der Waals surface area contributed by atoms with Crippen molar-refractivity contribution in [2.24, 2.45) is 5.73 Å². The topological polar surface area (TPSA) is 86.2 Å². The highest BCUT2D eigenvalue weighted by Crippen LogP contribution is 2.09. The highest BCUT2D eigenvalue weighted by atomic mass is 16.3. The molecule has 1 unspecified atom stereocenters. The second-order valence-corrected chi connectivity index (χ2v) is 3.52. The first-order valence-corrected chi connectivity index (χ1v) is 4.71. The van der Waals surface area contributed by atoms with Gasteiger partial charge in [-0.2, -0.15) is 0 Å². The van der Waals surface area contributed by atoms with Gasteiger partial charge in [0, 0.05) is 13.6 Å². The second-order valence-electron chi connectivity index (χ2n) is 3.52. The van der Waals surface area contributed by atoms with Gasteiger partial charge in [0.25, 0.3) is 0 Å². The maximum absolute atomic E-state index is 9.23. The number of nitrogens with one attached hydrogen (secondary N) is 1. The Morgan fingerprint density at radius 1 is 1.67 bits per heavy atom. The number of pyridine rings is 1. The third-order valence-electron chi connectivity index (χ3n) is 1.94. The van der Waals surface area contributed by atoms with E-state index in [2.05, 4.69) is 4.98 Å². The zero-order chi connectivity index (χ0) is 11.4. The lowest BCUT2D eigenvalue weighted by Crippen LogP contribution is -2.28. The lowest BCUT2D eigenvalue weighted by atomic mass is 10.3. The van der Waals surface area contributed by atoms with Crippen LogP contribution in [0.3, 0.4) is 0 Å². The van der Waals surface area contributed by atoms with Crippen molar-refractivity contribution in [3.63, 3.8) is 0 Å². The quantitative estimate of drug-likeness (QED) is 0.486. The Hall–Kier alpha value is -1.62. The van der Waals surface area contributed by atoms with Crippen LogP contribution in [0.15, 0.2) is 18.2 Å². The summed E-state index contributed by atoms with van der Waals surface area (Å²) in [4.78, 5) is 6.01. The van der Waals surface area contributed by atoms with Gasteiger partial charge in [-0.25, -0.2) is 4.98 Å². The Balaban J connectivity index is 2.85. The minimum atomic E-state index is -0.419. The molecule has 1 heterocycles. The van der Waals surface area contributed by atoms with Crippen molar-refractivity contribution in [2.75, 3.05) is 18.5 Å². The average molecular weight is 208 g/mol. The second kappa shape index (κ2) is 4.75. The van der Waals surface area contributed by atoms with Gasteiger partial charge >= 0.3 is 0 Å². The molecule has 0 amide bonds. The molecular formula is C10H16N4O. The van der Waals surface area contributed by atoms with Gasteiger partial charge in [-0.1, -0.05) is 6.07 Å². The fourth-order valence-electron chi connectivity index (χ4n) is 1.28. The van der Waals surface area contributed by atoms with Crippen molar-refractivity contribution in [3.05, 3.63) is 23.9 Å². The van der Waals surface area contributed by atoms with Crippen LogP contribution in [-0.2, 0) is 0 Å². The van der Waals surface area contributed by atoms with Gasteiger partial charge in [0.05, 0.1) is 6.10 Å². The Labute approximate surface area is 89.1 Å². The summed E-state index contributed by atoms with van der Waals surface area (Å²) in [6.07, 6.45) is -0.419. The number of nitrogen functional groups attached to an aromatic ring is 1. The van der Waals surface area contributed by atoms with Crippen LogP contribution in [0.4, 0.5) is 5.82 Å². The maximum atomic E-state index is 9.23. The van der Waals surface area contributed by atoms with Gasteiger partial charge in [-0.05, 0) is 19.1 Å². The third-order valence-corrected chi connectivity index (χ3v) is 1.94. The first-order valence-electron chi connectivity index (χ1n) is 4.71. The SMILES string of the molecule is CC(O)CN(C)c1cccc(C(=N)N)n1. The van der Waals surface area contributed by atoms with Crippen LogP contribution in [0.25, 0.3) is 0 Å². The van der Waals surface area contributed by atoms with Crippen molar-refractivity contribution in [3.8, 4) is 0 Å². The van der Waals surface area contributed by atoms with E-state index in [9.17, 15) is 5.11 Å². The van der Waals surface area contributed by atoms with Gasteiger partial charge in [0.15, 0.2) is 0 Å². The van der Waals surface area contributed by atoms with E-state index in [0.717, 1.165) is 0 Å². The van der Waals surface area contributed by atoms with Crippen molar-refractivity contribution < 1.29 is 5.11 Å². The first-order chi connectivity index (χ1) is 7.00. The number of likely N-dealkylation sites (N-methyl/N-ethyl adjacent to an activating group) is 1. The van der Waals surface area contributed by atoms with E-state index in [1.54, 1.807) is 19.1 Å². The summed E-state index contributed by atoms with van der Waals surface area (Å²) < 4.78 is 0. The van der Waals surface area contributed by atoms with Crippen LogP contribution in [0.1, 0.15) is 12.6 Å². The molecule has 4 N–H and O–H groups in total. The van der Waals surface area contributed by atoms with Gasteiger partial charge in [-0.15, -0.1) is 0 Å². The van der Waals surface area contributed by atoms with Crippen LogP contribution in [-0.4, -0.2) is 35.6 Å². The maximum Gasteiger partial charge on any atom is 0.141 e. The molecule has 5 heteroatoms. The number of amidine groups is 1. The fraction of sp³-hybridized carbons (Fsp3) is 0.400. The highest BCUT2D eigenvalue weighted by Gasteiger charge is 2.07. The summed E-state index contributed by atoms with van der Waals surface area (Å²) >= 11 is 0. The van der Waals surface area contributed by atoms with Crippen LogP contribution in [0.5, 0.6) is 0 Å². The van der Waals surface area contributed by atoms with Crippen LogP contribution < -0.4 is 10.6 Å². The normalized spacial score (nSPS) is 12.2. The molecule has 82 valence electrons. The molecule has 0 saturated heterocycles. The van der Waals surface area contributed by atoms with Crippen LogP contribution >= 0.6 is 0 Å². The molecule has 0 bridgehead atoms. The fourth-order valence-corrected chi connectivity index (χ4v) is 1.28. The molecule has 0 aliphatic heterocycles. The van der Waals surface area contributed by atoms with Crippen LogP contribution in [0, 0.1) is 5.41 Å². The molecule has 0 spiro atoms. The molecule has 1 atom stereocenters. The number of hydrogen-bond acceptors (Lipinski definition) is 4. The standard InChI is InChI=1S/C10H16N4O/c1-7(15)6-14(2)9-5-3-4-8(13-9)10(11)12/h3-5,7,15H,6H2,1-2H3,(H3,11,12). The van der Waals surface area contributed by atoms with Gasteiger partial charge in [0.2, 0.25) is 0 Å². The number of rotatable bonds is 4. The van der Waals surface area contributed by atoms with Gasteiger partial charge in [-0.3, -0.25) is 5.41 Å². The molecule has 5 nitrogen and oxygen atoms in total. The predicted molar refractivity (Wildman–Crippen MR) is 60.2 cm³/mol. The van der Waals surface area contributed by atoms with Crippen molar-refractivity contribution in [2.45, 2.75) is 13.0 Å². The predicted octanol–water partition coefficient (Wildman–Crippen LogP) is 0.183. The summed E-state index contributed by atoms with van der Waals surface area (Å²) in [5.41, 5.74) is 5.79. The summed E-state index contributed by atoms with van der Waals surface area (Å²) in [5.74, 6) is 0.644. The summed E-state index contributed by atoms with van der Waals surface area (Å²) in [6, 6.07) is 5.29. The van der Waals surface area contributed by atoms with E-state index in [-0.39, 0.29) is 5.84 Å². The largest absolute Gasteiger partial charge is 0.392 e. The lowest BCUT2D eigenvalue weighted by Gasteiger charge is -2.20. The minimum Gasteiger partial charge on any atom is -0.392 e. The molecule has 1 aromatic rings. The summed E-state index contributed by atoms with van der Waals surface area (Å²) in [5, 5.41) is 16.5. The van der Waals surface area contributed by atoms with Gasteiger partial charge < -0.3 is 15.7 Å². The first kappa shape index (κ1) is 11.5. The number of nitrogens with two attached hydrogens (primary N) is 1. The van der Waals surface area contributed by atoms with E-state index in [1.165, 1.54) is 0 Å². The van der Waals surface area contributed by atoms with Crippen molar-refractivity contribution >= 4 is 11.7 Å². The molecule has 0 saturated carbocycles. The van der Waals surface area contributed by atoms with Crippen LogP contribution in [0.2, 0.25) is 0 Å². The number of aliphatic hydroxyl groups is 1. The number of nitrogens with zero attached hydrogens (tertiary/aromatic N) is 2. The molecule has 0 radical (unpaired) electrons. The number of anilines is 1. The molecule has 0 fully saturated rings. The Kier molecular flexibility index (Phi) is 3.62. The van der Waals surface area contributed by atoms with Gasteiger partial charge in [0.1, 0.15) is 17.3 Å². The molecule has 1 aromatic heterocycles. The number of hydrogen-bond donors (Lipinski definition) is 3. The number of aliphatic hydroxyl groups excluding tert-OH is 1. The Bertz CT molecular complexity index is 351. The van der Waals surface area contributed by atoms with E-state index >= 15 is 0 Å². The Morgan fingerprint density at radius 2 is 2.33 bits per heavy atom. The molecule has 0 aromatic carbocycles. The van der Waals surface area contributed by atoms with E-state index in [0.29, 0.717) is 18.1 Å². The molecule has 1 rings (SSSR count). The molecule has 15 heavy (non-hydrogen) atoms. The highest BCUT2D eigenvalue weighted by molar-refractivity contribution is 5.93. The lowest BCUT2D eigenvalue weighted by molar-refractivity contribution is 0.201. The van der Waals surface area contributed by atoms with Crippen molar-refractivity contribution in [1.82, 2.24) is 4.98 Å². The average Bonchev–Trinajstić information content (AvgIpc) is 2.17. The number of aromatic nitrogens is 1. The molecule has 0 aliphatic rings.